The van der Waals surface area contributed by atoms with Crippen LogP contribution < -0.4 is 10.2 Å². The molecule has 4 heteroatoms. The second kappa shape index (κ2) is 5.50. The van der Waals surface area contributed by atoms with Crippen molar-refractivity contribution >= 4 is 17.0 Å². The second-order valence-electron chi connectivity index (χ2n) is 4.48. The smallest absolute Gasteiger partial charge is 0.0904 e. The highest BCUT2D eigenvalue weighted by molar-refractivity contribution is 7.15. The summed E-state index contributed by atoms with van der Waals surface area (Å²) in [4.78, 5) is 7.96. The number of benzene rings is 1. The SMILES string of the molecule is CNCc1nc(C)sc1-c1ccc(N(C)C)cc1. The molecule has 0 spiro atoms. The average molecular weight is 261 g/mol. The van der Waals surface area contributed by atoms with Gasteiger partial charge in [-0.05, 0) is 31.7 Å². The summed E-state index contributed by atoms with van der Waals surface area (Å²) in [5.74, 6) is 0. The van der Waals surface area contributed by atoms with E-state index in [1.165, 1.54) is 16.1 Å². The van der Waals surface area contributed by atoms with Gasteiger partial charge in [0, 0.05) is 26.3 Å². The van der Waals surface area contributed by atoms with Gasteiger partial charge >= 0.3 is 0 Å². The Morgan fingerprint density at radius 2 is 1.89 bits per heavy atom. The fourth-order valence-corrected chi connectivity index (χ4v) is 2.83. The van der Waals surface area contributed by atoms with Crippen molar-refractivity contribution in [3.63, 3.8) is 0 Å². The molecule has 0 saturated carbocycles. The van der Waals surface area contributed by atoms with Crippen molar-refractivity contribution in [3.8, 4) is 10.4 Å². The fourth-order valence-electron chi connectivity index (χ4n) is 1.89. The Labute approximate surface area is 112 Å². The minimum absolute atomic E-state index is 0.815. The summed E-state index contributed by atoms with van der Waals surface area (Å²) in [6.07, 6.45) is 0. The quantitative estimate of drug-likeness (QED) is 0.917. The minimum Gasteiger partial charge on any atom is -0.378 e. The third-order valence-corrected chi connectivity index (χ3v) is 3.86. The van der Waals surface area contributed by atoms with Crippen LogP contribution in [-0.4, -0.2) is 26.1 Å². The molecule has 18 heavy (non-hydrogen) atoms. The lowest BCUT2D eigenvalue weighted by Gasteiger charge is -2.12. The molecule has 0 aliphatic heterocycles. The van der Waals surface area contributed by atoms with Gasteiger partial charge in [-0.25, -0.2) is 4.98 Å². The van der Waals surface area contributed by atoms with E-state index in [4.69, 9.17) is 0 Å². The number of hydrogen-bond acceptors (Lipinski definition) is 4. The van der Waals surface area contributed by atoms with E-state index in [1.54, 1.807) is 11.3 Å². The molecule has 0 atom stereocenters. The molecule has 0 saturated heterocycles. The van der Waals surface area contributed by atoms with Crippen molar-refractivity contribution in [2.75, 3.05) is 26.0 Å². The van der Waals surface area contributed by atoms with Gasteiger partial charge in [-0.2, -0.15) is 0 Å². The maximum Gasteiger partial charge on any atom is 0.0904 e. The van der Waals surface area contributed by atoms with Crippen molar-refractivity contribution < 1.29 is 0 Å². The molecule has 3 nitrogen and oxygen atoms in total. The van der Waals surface area contributed by atoms with E-state index in [-0.39, 0.29) is 0 Å². The molecular weight excluding hydrogens is 242 g/mol. The van der Waals surface area contributed by atoms with Gasteiger partial charge in [0.25, 0.3) is 0 Å². The highest BCUT2D eigenvalue weighted by atomic mass is 32.1. The molecule has 1 N–H and O–H groups in total. The predicted molar refractivity (Wildman–Crippen MR) is 79.4 cm³/mol. The van der Waals surface area contributed by atoms with E-state index < -0.39 is 0 Å². The highest BCUT2D eigenvalue weighted by Gasteiger charge is 2.10. The molecule has 96 valence electrons. The number of aromatic nitrogens is 1. The molecule has 0 bridgehead atoms. The molecule has 0 aliphatic rings. The Bertz CT molecular complexity index is 514. The minimum atomic E-state index is 0.815. The molecule has 1 aromatic carbocycles. The number of nitrogens with zero attached hydrogens (tertiary/aromatic N) is 2. The van der Waals surface area contributed by atoms with Gasteiger partial charge in [0.05, 0.1) is 15.6 Å². The largest absolute Gasteiger partial charge is 0.378 e. The van der Waals surface area contributed by atoms with E-state index in [2.05, 4.69) is 60.5 Å². The van der Waals surface area contributed by atoms with Crippen LogP contribution >= 0.6 is 11.3 Å². The maximum atomic E-state index is 4.58. The first-order chi connectivity index (χ1) is 8.61. The predicted octanol–water partition coefficient (Wildman–Crippen LogP) is 2.90. The van der Waals surface area contributed by atoms with E-state index in [1.807, 2.05) is 7.05 Å². The van der Waals surface area contributed by atoms with Gasteiger partial charge < -0.3 is 10.2 Å². The summed E-state index contributed by atoms with van der Waals surface area (Å²) in [6.45, 7) is 2.87. The van der Waals surface area contributed by atoms with Crippen LogP contribution in [0.25, 0.3) is 10.4 Å². The van der Waals surface area contributed by atoms with Crippen LogP contribution in [0.15, 0.2) is 24.3 Å². The Hall–Kier alpha value is -1.39. The summed E-state index contributed by atoms with van der Waals surface area (Å²) in [6, 6.07) is 8.63. The first-order valence-electron chi connectivity index (χ1n) is 6.00. The number of thiazole rings is 1. The van der Waals surface area contributed by atoms with Crippen LogP contribution in [-0.2, 0) is 6.54 Å². The van der Waals surface area contributed by atoms with Crippen LogP contribution in [0.5, 0.6) is 0 Å². The zero-order valence-corrected chi connectivity index (χ0v) is 12.1. The Morgan fingerprint density at radius 1 is 1.22 bits per heavy atom. The first-order valence-corrected chi connectivity index (χ1v) is 6.82. The van der Waals surface area contributed by atoms with Crippen LogP contribution in [0.1, 0.15) is 10.7 Å². The van der Waals surface area contributed by atoms with E-state index in [9.17, 15) is 0 Å². The topological polar surface area (TPSA) is 28.2 Å². The Balaban J connectivity index is 2.35. The van der Waals surface area contributed by atoms with E-state index in [0.717, 1.165) is 17.2 Å². The summed E-state index contributed by atoms with van der Waals surface area (Å²) < 4.78 is 0. The van der Waals surface area contributed by atoms with Gasteiger partial charge in [-0.1, -0.05) is 12.1 Å². The summed E-state index contributed by atoms with van der Waals surface area (Å²) >= 11 is 1.76. The second-order valence-corrected chi connectivity index (χ2v) is 5.68. The lowest BCUT2D eigenvalue weighted by molar-refractivity contribution is 0.796. The first kappa shape index (κ1) is 13.1. The number of aryl methyl sites for hydroxylation is 1. The number of rotatable bonds is 4. The van der Waals surface area contributed by atoms with Crippen molar-refractivity contribution in [2.45, 2.75) is 13.5 Å². The fraction of sp³-hybridized carbons (Fsp3) is 0.357. The lowest BCUT2D eigenvalue weighted by Crippen LogP contribution is -2.08. The van der Waals surface area contributed by atoms with Gasteiger partial charge in [-0.15, -0.1) is 11.3 Å². The molecular formula is C14H19N3S. The number of anilines is 1. The third-order valence-electron chi connectivity index (χ3n) is 2.79. The molecule has 0 amide bonds. The molecule has 2 aromatic rings. The van der Waals surface area contributed by atoms with Gasteiger partial charge in [-0.3, -0.25) is 0 Å². The van der Waals surface area contributed by atoms with Crippen LogP contribution in [0, 0.1) is 6.92 Å². The summed E-state index contributed by atoms with van der Waals surface area (Å²) in [5.41, 5.74) is 3.60. The third kappa shape index (κ3) is 2.71. The highest BCUT2D eigenvalue weighted by Crippen LogP contribution is 2.31. The summed E-state index contributed by atoms with van der Waals surface area (Å²) in [5, 5.41) is 4.29. The van der Waals surface area contributed by atoms with Gasteiger partial charge in [0.15, 0.2) is 0 Å². The monoisotopic (exact) mass is 261 g/mol. The number of hydrogen-bond donors (Lipinski definition) is 1. The molecule has 0 unspecified atom stereocenters. The molecule has 0 fully saturated rings. The van der Waals surface area contributed by atoms with Crippen molar-refractivity contribution in [1.82, 2.24) is 10.3 Å². The zero-order chi connectivity index (χ0) is 13.1. The van der Waals surface area contributed by atoms with E-state index in [0.29, 0.717) is 0 Å². The van der Waals surface area contributed by atoms with Crippen molar-refractivity contribution in [3.05, 3.63) is 35.0 Å². The van der Waals surface area contributed by atoms with E-state index >= 15 is 0 Å². The Kier molecular flexibility index (Phi) is 3.99. The molecule has 1 heterocycles. The van der Waals surface area contributed by atoms with Crippen LogP contribution in [0.2, 0.25) is 0 Å². The lowest BCUT2D eigenvalue weighted by atomic mass is 10.1. The normalized spacial score (nSPS) is 10.7. The van der Waals surface area contributed by atoms with Crippen molar-refractivity contribution in [2.24, 2.45) is 0 Å². The van der Waals surface area contributed by atoms with Crippen molar-refractivity contribution in [1.29, 1.82) is 0 Å². The maximum absolute atomic E-state index is 4.58. The van der Waals surface area contributed by atoms with Crippen LogP contribution in [0.3, 0.4) is 0 Å². The molecule has 1 aromatic heterocycles. The Morgan fingerprint density at radius 3 is 2.44 bits per heavy atom. The van der Waals surface area contributed by atoms with Crippen LogP contribution in [0.4, 0.5) is 5.69 Å². The molecule has 0 aliphatic carbocycles. The van der Waals surface area contributed by atoms with Gasteiger partial charge in [0.1, 0.15) is 0 Å². The van der Waals surface area contributed by atoms with Gasteiger partial charge in [0.2, 0.25) is 0 Å². The molecule has 0 radical (unpaired) electrons. The number of nitrogens with one attached hydrogen (secondary N) is 1. The average Bonchev–Trinajstić information content (AvgIpc) is 2.71. The standard InChI is InChI=1S/C14H19N3S/c1-10-16-13(9-15-2)14(18-10)11-5-7-12(8-6-11)17(3)4/h5-8,15H,9H2,1-4H3. The molecule has 2 rings (SSSR count). The zero-order valence-electron chi connectivity index (χ0n) is 11.3. The summed E-state index contributed by atoms with van der Waals surface area (Å²) in [7, 11) is 6.06.